The molecular weight excluding hydrogens is 294 g/mol. The minimum Gasteiger partial charge on any atom is -0.496 e. The third kappa shape index (κ3) is 4.56. The van der Waals surface area contributed by atoms with Crippen molar-refractivity contribution >= 4 is 23.0 Å². The van der Waals surface area contributed by atoms with Crippen molar-refractivity contribution in [3.05, 3.63) is 65.7 Å². The molecule has 22 heavy (non-hydrogen) atoms. The van der Waals surface area contributed by atoms with Crippen LogP contribution in [0.2, 0.25) is 0 Å². The van der Waals surface area contributed by atoms with Gasteiger partial charge in [0.25, 0.3) is 0 Å². The number of hydrogen-bond acceptors (Lipinski definition) is 3. The highest BCUT2D eigenvalue weighted by Crippen LogP contribution is 2.17. The van der Waals surface area contributed by atoms with E-state index in [1.54, 1.807) is 7.11 Å². The fraction of sp³-hybridized carbons (Fsp3) is 0.176. The molecule has 2 rings (SSSR count). The number of hydrazone groups is 1. The predicted molar refractivity (Wildman–Crippen MR) is 94.2 cm³/mol. The van der Waals surface area contributed by atoms with E-state index in [0.717, 1.165) is 22.6 Å². The van der Waals surface area contributed by atoms with E-state index in [-0.39, 0.29) is 0 Å². The topological polar surface area (TPSA) is 45.6 Å². The molecule has 0 amide bonds. The molecule has 0 aliphatic rings. The van der Waals surface area contributed by atoms with E-state index in [1.165, 1.54) is 0 Å². The van der Waals surface area contributed by atoms with Gasteiger partial charge in [-0.3, -0.25) is 5.43 Å². The third-order valence-corrected chi connectivity index (χ3v) is 3.35. The number of hydrogen-bond donors (Lipinski definition) is 2. The fourth-order valence-corrected chi connectivity index (χ4v) is 2.07. The lowest BCUT2D eigenvalue weighted by atomic mass is 10.1. The first-order valence-corrected chi connectivity index (χ1v) is 7.37. The summed E-state index contributed by atoms with van der Waals surface area (Å²) in [4.78, 5) is 0. The van der Waals surface area contributed by atoms with Gasteiger partial charge in [0.15, 0.2) is 5.11 Å². The van der Waals surface area contributed by atoms with Crippen LogP contribution in [0.4, 0.5) is 0 Å². The molecule has 2 aromatic rings. The normalized spacial score (nSPS) is 10.9. The molecule has 4 nitrogen and oxygen atoms in total. The summed E-state index contributed by atoms with van der Waals surface area (Å²) in [6.07, 6.45) is 0. The average Bonchev–Trinajstić information content (AvgIpc) is 2.58. The summed E-state index contributed by atoms with van der Waals surface area (Å²) in [5.41, 5.74) is 5.76. The Bertz CT molecular complexity index is 656. The highest BCUT2D eigenvalue weighted by molar-refractivity contribution is 7.80. The van der Waals surface area contributed by atoms with Crippen LogP contribution in [-0.4, -0.2) is 17.9 Å². The van der Waals surface area contributed by atoms with Crippen LogP contribution in [0.3, 0.4) is 0 Å². The van der Waals surface area contributed by atoms with Gasteiger partial charge in [-0.15, -0.1) is 0 Å². The molecule has 0 saturated carbocycles. The third-order valence-electron chi connectivity index (χ3n) is 3.12. The van der Waals surface area contributed by atoms with E-state index >= 15 is 0 Å². The van der Waals surface area contributed by atoms with Gasteiger partial charge in [-0.2, -0.15) is 5.10 Å². The highest BCUT2D eigenvalue weighted by Gasteiger charge is 2.05. The van der Waals surface area contributed by atoms with Crippen LogP contribution in [-0.2, 0) is 6.54 Å². The second-order valence-corrected chi connectivity index (χ2v) is 5.09. The van der Waals surface area contributed by atoms with Crippen molar-refractivity contribution in [2.45, 2.75) is 13.5 Å². The number of nitrogens with zero attached hydrogens (tertiary/aromatic N) is 1. The molecule has 0 aliphatic heterocycles. The summed E-state index contributed by atoms with van der Waals surface area (Å²) in [5.74, 6) is 0.786. The van der Waals surface area contributed by atoms with Gasteiger partial charge in [-0.1, -0.05) is 42.5 Å². The van der Waals surface area contributed by atoms with Crippen molar-refractivity contribution in [1.82, 2.24) is 10.7 Å². The van der Waals surface area contributed by atoms with Crippen LogP contribution in [0.25, 0.3) is 0 Å². The van der Waals surface area contributed by atoms with Crippen LogP contribution in [0, 0.1) is 0 Å². The summed E-state index contributed by atoms with van der Waals surface area (Å²) >= 11 is 5.22. The first-order chi connectivity index (χ1) is 10.7. The first kappa shape index (κ1) is 16.0. The van der Waals surface area contributed by atoms with Crippen molar-refractivity contribution in [3.63, 3.8) is 0 Å². The van der Waals surface area contributed by atoms with Gasteiger partial charge in [0, 0.05) is 12.1 Å². The number of ether oxygens (including phenoxy) is 1. The minimum atomic E-state index is 0.484. The van der Waals surface area contributed by atoms with Gasteiger partial charge in [0.2, 0.25) is 0 Å². The molecule has 114 valence electrons. The minimum absolute atomic E-state index is 0.484. The van der Waals surface area contributed by atoms with Crippen molar-refractivity contribution in [2.75, 3.05) is 7.11 Å². The van der Waals surface area contributed by atoms with Crippen molar-refractivity contribution in [2.24, 2.45) is 5.10 Å². The SMILES string of the molecule is COc1ccccc1/C(C)=N\NC(=S)NCc1ccccc1. The molecule has 2 N–H and O–H groups in total. The number of benzene rings is 2. The van der Waals surface area contributed by atoms with Gasteiger partial charge in [0.1, 0.15) is 5.75 Å². The lowest BCUT2D eigenvalue weighted by molar-refractivity contribution is 0.414. The molecule has 0 heterocycles. The smallest absolute Gasteiger partial charge is 0.187 e. The second kappa shape index (κ2) is 8.14. The molecule has 0 unspecified atom stereocenters. The molecule has 0 spiro atoms. The van der Waals surface area contributed by atoms with E-state index in [4.69, 9.17) is 17.0 Å². The Kier molecular flexibility index (Phi) is 5.91. The van der Waals surface area contributed by atoms with Crippen molar-refractivity contribution in [3.8, 4) is 5.75 Å². The maximum atomic E-state index is 5.32. The molecule has 0 bridgehead atoms. The van der Waals surface area contributed by atoms with Crippen LogP contribution >= 0.6 is 12.2 Å². The van der Waals surface area contributed by atoms with E-state index in [1.807, 2.05) is 61.5 Å². The zero-order valence-corrected chi connectivity index (χ0v) is 13.5. The molecule has 2 aromatic carbocycles. The predicted octanol–water partition coefficient (Wildman–Crippen LogP) is 3.08. The Labute approximate surface area is 136 Å². The van der Waals surface area contributed by atoms with E-state index in [0.29, 0.717) is 11.7 Å². The standard InChI is InChI=1S/C17H19N3OS/c1-13(15-10-6-7-11-16(15)21-2)19-20-17(22)18-12-14-8-4-3-5-9-14/h3-11H,12H2,1-2H3,(H2,18,20,22)/b19-13-. The number of para-hydroxylation sites is 1. The maximum absolute atomic E-state index is 5.32. The molecule has 0 aromatic heterocycles. The molecule has 0 fully saturated rings. The Morgan fingerprint density at radius 1 is 1.09 bits per heavy atom. The maximum Gasteiger partial charge on any atom is 0.187 e. The average molecular weight is 313 g/mol. The second-order valence-electron chi connectivity index (χ2n) is 4.68. The largest absolute Gasteiger partial charge is 0.496 e. The molecule has 0 atom stereocenters. The van der Waals surface area contributed by atoms with Crippen molar-refractivity contribution < 1.29 is 4.74 Å². The summed E-state index contributed by atoms with van der Waals surface area (Å²) in [7, 11) is 1.64. The summed E-state index contributed by atoms with van der Waals surface area (Å²) < 4.78 is 5.32. The van der Waals surface area contributed by atoms with E-state index in [2.05, 4.69) is 15.8 Å². The number of thiocarbonyl (C=S) groups is 1. The van der Waals surface area contributed by atoms with Crippen molar-refractivity contribution in [1.29, 1.82) is 0 Å². The first-order valence-electron chi connectivity index (χ1n) is 6.96. The van der Waals surface area contributed by atoms with Crippen LogP contribution < -0.4 is 15.5 Å². The Morgan fingerprint density at radius 2 is 1.77 bits per heavy atom. The number of methoxy groups -OCH3 is 1. The Hall–Kier alpha value is -2.40. The number of rotatable bonds is 5. The van der Waals surface area contributed by atoms with Gasteiger partial charge in [0.05, 0.1) is 12.8 Å². The summed E-state index contributed by atoms with van der Waals surface area (Å²) in [6, 6.07) is 17.8. The summed E-state index contributed by atoms with van der Waals surface area (Å²) in [5, 5.41) is 7.90. The Morgan fingerprint density at radius 3 is 2.50 bits per heavy atom. The van der Waals surface area contributed by atoms with Crippen LogP contribution in [0.15, 0.2) is 59.7 Å². The Balaban J connectivity index is 1.91. The van der Waals surface area contributed by atoms with E-state index in [9.17, 15) is 0 Å². The molecule has 0 radical (unpaired) electrons. The number of nitrogens with one attached hydrogen (secondary N) is 2. The van der Waals surface area contributed by atoms with E-state index < -0.39 is 0 Å². The van der Waals surface area contributed by atoms with Gasteiger partial charge in [-0.05, 0) is 36.8 Å². The molecule has 5 heteroatoms. The zero-order valence-electron chi connectivity index (χ0n) is 12.7. The molecule has 0 aliphatic carbocycles. The van der Waals surface area contributed by atoms with Crippen LogP contribution in [0.1, 0.15) is 18.1 Å². The lowest BCUT2D eigenvalue weighted by Gasteiger charge is -2.10. The molecular formula is C17H19N3OS. The van der Waals surface area contributed by atoms with Gasteiger partial charge >= 0.3 is 0 Å². The lowest BCUT2D eigenvalue weighted by Crippen LogP contribution is -2.32. The fourth-order valence-electron chi connectivity index (χ4n) is 1.96. The molecule has 0 saturated heterocycles. The van der Waals surface area contributed by atoms with Crippen LogP contribution in [0.5, 0.6) is 5.75 Å². The zero-order chi connectivity index (χ0) is 15.8. The quantitative estimate of drug-likeness (QED) is 0.506. The van der Waals surface area contributed by atoms with Gasteiger partial charge in [-0.25, -0.2) is 0 Å². The monoisotopic (exact) mass is 313 g/mol. The van der Waals surface area contributed by atoms with Gasteiger partial charge < -0.3 is 10.1 Å². The summed E-state index contributed by atoms with van der Waals surface area (Å²) in [6.45, 7) is 2.57. The highest BCUT2D eigenvalue weighted by atomic mass is 32.1.